The van der Waals surface area contributed by atoms with Crippen LogP contribution in [0.25, 0.3) is 32.4 Å². The number of pyridine rings is 1. The third-order valence-electron chi connectivity index (χ3n) is 8.80. The first kappa shape index (κ1) is 30.5. The fraction of sp³-hybridized carbons (Fsp3) is 0.500. The van der Waals surface area contributed by atoms with Crippen LogP contribution in [0.5, 0.6) is 23.0 Å². The van der Waals surface area contributed by atoms with Crippen LogP contribution in [0.4, 0.5) is 0 Å². The van der Waals surface area contributed by atoms with Crippen LogP contribution in [0.1, 0.15) is 6.42 Å². The number of hydrogen-bond donors (Lipinski definition) is 0. The highest BCUT2D eigenvalue weighted by Gasteiger charge is 2.21. The number of piperazine rings is 1. The van der Waals surface area contributed by atoms with Crippen LogP contribution >= 0.6 is 0 Å². The molecule has 6 rings (SSSR count). The Morgan fingerprint density at radius 1 is 0.750 bits per heavy atom. The predicted octanol–water partition coefficient (Wildman–Crippen LogP) is 3.55. The Morgan fingerprint density at radius 3 is 2.11 bits per heavy atom. The van der Waals surface area contributed by atoms with Gasteiger partial charge < -0.3 is 38.2 Å². The molecule has 10 nitrogen and oxygen atoms in total. The monoisotopic (exact) mass is 603 g/mol. The Bertz CT molecular complexity index is 1690. The maximum Gasteiger partial charge on any atom is 0.259 e. The van der Waals surface area contributed by atoms with Crippen molar-refractivity contribution in [2.24, 2.45) is 0 Å². The van der Waals surface area contributed by atoms with Crippen molar-refractivity contribution in [2.75, 3.05) is 101 Å². The normalized spacial score (nSPS) is 15.8. The first-order valence-electron chi connectivity index (χ1n) is 15.6. The summed E-state index contributed by atoms with van der Waals surface area (Å²) < 4.78 is 25.3. The summed E-state index contributed by atoms with van der Waals surface area (Å²) in [6, 6.07) is 12.0. The molecule has 0 saturated carbocycles. The molecule has 2 aliphatic rings. The van der Waals surface area contributed by atoms with E-state index in [0.717, 1.165) is 91.6 Å². The minimum atomic E-state index is -0.0471. The number of fused-ring (bicyclic) bond motifs is 6. The standard InChI is InChI=1S/C34H45N5O5/c1-35(2)10-12-38-15-13-37(14-16-38)9-6-18-42-31-21-27-25-8-7-24-19-30-32(44-23-43-30)20-26(24)33(25)39(17-11-36(3)4)34(40)28(27)22-29(31)41-5/h7-8,19-22H,6,9-18,23H2,1-5H3. The average molecular weight is 604 g/mol. The van der Waals surface area contributed by atoms with Gasteiger partial charge in [-0.1, -0.05) is 12.1 Å². The molecule has 0 radical (unpaired) electrons. The molecule has 1 fully saturated rings. The maximum absolute atomic E-state index is 14.1. The second kappa shape index (κ2) is 13.2. The summed E-state index contributed by atoms with van der Waals surface area (Å²) >= 11 is 0. The van der Waals surface area contributed by atoms with E-state index >= 15 is 0 Å². The van der Waals surface area contributed by atoms with E-state index in [2.05, 4.69) is 45.8 Å². The van der Waals surface area contributed by atoms with Gasteiger partial charge in [0, 0.05) is 75.1 Å². The molecule has 2 aliphatic heterocycles. The van der Waals surface area contributed by atoms with Crippen molar-refractivity contribution in [1.82, 2.24) is 24.2 Å². The summed E-state index contributed by atoms with van der Waals surface area (Å²) in [5.41, 5.74) is 0.843. The molecule has 0 spiro atoms. The van der Waals surface area contributed by atoms with Crippen LogP contribution in [-0.2, 0) is 6.54 Å². The Morgan fingerprint density at radius 2 is 1.41 bits per heavy atom. The molecular formula is C34H45N5O5. The second-order valence-electron chi connectivity index (χ2n) is 12.4. The lowest BCUT2D eigenvalue weighted by molar-refractivity contribution is 0.120. The van der Waals surface area contributed by atoms with Crippen molar-refractivity contribution in [2.45, 2.75) is 13.0 Å². The van der Waals surface area contributed by atoms with Gasteiger partial charge in [0.05, 0.1) is 24.6 Å². The molecule has 0 aliphatic carbocycles. The van der Waals surface area contributed by atoms with Crippen LogP contribution in [0.2, 0.25) is 0 Å². The lowest BCUT2D eigenvalue weighted by atomic mass is 9.99. The summed E-state index contributed by atoms with van der Waals surface area (Å²) in [5.74, 6) is 2.66. The van der Waals surface area contributed by atoms with Crippen molar-refractivity contribution >= 4 is 32.4 Å². The lowest BCUT2D eigenvalue weighted by Crippen LogP contribution is -2.48. The number of nitrogens with zero attached hydrogens (tertiary/aromatic N) is 5. The van der Waals surface area contributed by atoms with Gasteiger partial charge in [-0.15, -0.1) is 0 Å². The van der Waals surface area contributed by atoms with Crippen molar-refractivity contribution < 1.29 is 18.9 Å². The minimum Gasteiger partial charge on any atom is -0.493 e. The minimum absolute atomic E-state index is 0.0471. The summed E-state index contributed by atoms with van der Waals surface area (Å²) in [4.78, 5) is 23.5. The van der Waals surface area contributed by atoms with Crippen molar-refractivity contribution in [3.05, 3.63) is 46.8 Å². The third kappa shape index (κ3) is 6.30. The largest absolute Gasteiger partial charge is 0.493 e. The SMILES string of the molecule is COc1cc2c(=O)n(CCN(C)C)c3c4cc5c(cc4ccc3c2cc1OCCCN1CCN(CCN(C)C)CC1)OCO5. The van der Waals surface area contributed by atoms with Gasteiger partial charge in [0.2, 0.25) is 6.79 Å². The van der Waals surface area contributed by atoms with Crippen molar-refractivity contribution in [1.29, 1.82) is 0 Å². The number of rotatable bonds is 12. The molecule has 1 aromatic heterocycles. The number of methoxy groups -OCH3 is 1. The maximum atomic E-state index is 14.1. The van der Waals surface area contributed by atoms with Crippen LogP contribution in [0, 0.1) is 0 Å². The number of likely N-dealkylation sites (N-methyl/N-ethyl adjacent to an activating group) is 2. The van der Waals surface area contributed by atoms with E-state index in [1.807, 2.05) is 42.9 Å². The van der Waals surface area contributed by atoms with E-state index in [-0.39, 0.29) is 12.4 Å². The number of hydrogen-bond acceptors (Lipinski definition) is 9. The third-order valence-corrected chi connectivity index (χ3v) is 8.80. The van der Waals surface area contributed by atoms with E-state index in [1.54, 1.807) is 7.11 Å². The van der Waals surface area contributed by atoms with E-state index in [0.29, 0.717) is 35.8 Å². The molecule has 0 N–H and O–H groups in total. The van der Waals surface area contributed by atoms with Gasteiger partial charge in [0.1, 0.15) is 0 Å². The van der Waals surface area contributed by atoms with Gasteiger partial charge in [0.25, 0.3) is 5.56 Å². The average Bonchev–Trinajstić information content (AvgIpc) is 3.48. The van der Waals surface area contributed by atoms with Crippen molar-refractivity contribution in [3.8, 4) is 23.0 Å². The summed E-state index contributed by atoms with van der Waals surface area (Å²) in [6.45, 7) is 9.69. The van der Waals surface area contributed by atoms with Gasteiger partial charge in [-0.25, -0.2) is 0 Å². The first-order valence-corrected chi connectivity index (χ1v) is 15.6. The Labute approximate surface area is 259 Å². The number of benzene rings is 3. The molecule has 10 heteroatoms. The second-order valence-corrected chi connectivity index (χ2v) is 12.4. The highest BCUT2D eigenvalue weighted by molar-refractivity contribution is 6.16. The van der Waals surface area contributed by atoms with Gasteiger partial charge in [-0.2, -0.15) is 0 Å². The first-order chi connectivity index (χ1) is 21.3. The zero-order chi connectivity index (χ0) is 30.8. The van der Waals surface area contributed by atoms with Crippen molar-refractivity contribution in [3.63, 3.8) is 0 Å². The number of ether oxygens (including phenoxy) is 4. The van der Waals surface area contributed by atoms with Gasteiger partial charge >= 0.3 is 0 Å². The van der Waals surface area contributed by atoms with Gasteiger partial charge in [-0.05, 0) is 64.3 Å². The predicted molar refractivity (Wildman–Crippen MR) is 176 cm³/mol. The van der Waals surface area contributed by atoms with Crippen LogP contribution < -0.4 is 24.5 Å². The quantitative estimate of drug-likeness (QED) is 0.179. The number of aromatic nitrogens is 1. The fourth-order valence-corrected chi connectivity index (χ4v) is 6.25. The molecule has 0 bridgehead atoms. The van der Waals surface area contributed by atoms with Gasteiger partial charge in [-0.3, -0.25) is 9.69 Å². The van der Waals surface area contributed by atoms with E-state index in [4.69, 9.17) is 18.9 Å². The molecule has 0 unspecified atom stereocenters. The highest BCUT2D eigenvalue weighted by Crippen LogP contribution is 2.41. The van der Waals surface area contributed by atoms with Crippen LogP contribution in [-0.4, -0.2) is 125 Å². The highest BCUT2D eigenvalue weighted by atomic mass is 16.7. The molecule has 3 aromatic carbocycles. The molecule has 44 heavy (non-hydrogen) atoms. The Kier molecular flexibility index (Phi) is 9.13. The zero-order valence-electron chi connectivity index (χ0n) is 26.7. The molecule has 1 saturated heterocycles. The van der Waals surface area contributed by atoms with E-state index < -0.39 is 0 Å². The lowest BCUT2D eigenvalue weighted by Gasteiger charge is -2.35. The van der Waals surface area contributed by atoms with Crippen LogP contribution in [0.15, 0.2) is 41.2 Å². The summed E-state index contributed by atoms with van der Waals surface area (Å²) in [5, 5.41) is 4.43. The molecule has 3 heterocycles. The molecule has 0 atom stereocenters. The Balaban J connectivity index is 1.28. The summed E-state index contributed by atoms with van der Waals surface area (Å²) in [6.07, 6.45) is 0.920. The van der Waals surface area contributed by atoms with E-state index in [1.165, 1.54) is 0 Å². The zero-order valence-corrected chi connectivity index (χ0v) is 26.7. The molecule has 236 valence electrons. The van der Waals surface area contributed by atoms with E-state index in [9.17, 15) is 4.79 Å². The fourth-order valence-electron chi connectivity index (χ4n) is 6.25. The molecular weight excluding hydrogens is 558 g/mol. The topological polar surface area (TPSA) is 71.9 Å². The van der Waals surface area contributed by atoms with Gasteiger partial charge in [0.15, 0.2) is 23.0 Å². The molecule has 0 amide bonds. The Hall–Kier alpha value is -3.57. The molecule has 4 aromatic rings. The smallest absolute Gasteiger partial charge is 0.259 e. The van der Waals surface area contributed by atoms with Crippen LogP contribution in [0.3, 0.4) is 0 Å². The summed E-state index contributed by atoms with van der Waals surface area (Å²) in [7, 11) is 9.92.